The van der Waals surface area contributed by atoms with E-state index in [1.165, 1.54) is 25.7 Å². The van der Waals surface area contributed by atoms with Crippen molar-refractivity contribution in [1.29, 1.82) is 0 Å². The molecule has 0 aliphatic heterocycles. The molecule has 0 bridgehead atoms. The summed E-state index contributed by atoms with van der Waals surface area (Å²) in [6, 6.07) is 6.03. The molecule has 4 nitrogen and oxygen atoms in total. The fraction of sp³-hybridized carbons (Fsp3) is 0.625. The number of aryl methyl sites for hydroxylation is 1. The molecule has 1 aliphatic rings. The Hall–Kier alpha value is -1.42. The molecule has 0 spiro atoms. The second-order valence-electron chi connectivity index (χ2n) is 6.72. The van der Waals surface area contributed by atoms with Gasteiger partial charge in [-0.2, -0.15) is 0 Å². The number of nitro groups is 1. The second-order valence-corrected chi connectivity index (χ2v) is 6.72. The molecule has 1 aromatic rings. The zero-order valence-corrected chi connectivity index (χ0v) is 12.6. The van der Waals surface area contributed by atoms with Crippen molar-refractivity contribution in [1.82, 2.24) is 5.32 Å². The van der Waals surface area contributed by atoms with E-state index >= 15 is 0 Å². The first-order valence-electron chi connectivity index (χ1n) is 7.35. The van der Waals surface area contributed by atoms with Gasteiger partial charge in [-0.1, -0.05) is 32.4 Å². The molecule has 1 fully saturated rings. The van der Waals surface area contributed by atoms with Crippen molar-refractivity contribution in [2.45, 2.75) is 59.0 Å². The first kappa shape index (κ1) is 15.0. The standard InChI is InChI=1S/C16H24N2O2/c1-12-6-7-13(9-15(12)18(19)20)11-17-14-5-4-8-16(2,3)10-14/h6-7,9,14,17H,4-5,8,10-11H2,1-3H3. The van der Waals surface area contributed by atoms with Crippen LogP contribution in [-0.2, 0) is 6.54 Å². The van der Waals surface area contributed by atoms with Crippen LogP contribution in [0.1, 0.15) is 50.7 Å². The van der Waals surface area contributed by atoms with Gasteiger partial charge in [0.25, 0.3) is 5.69 Å². The van der Waals surface area contributed by atoms with Crippen LogP contribution in [-0.4, -0.2) is 11.0 Å². The van der Waals surface area contributed by atoms with Crippen molar-refractivity contribution in [3.63, 3.8) is 0 Å². The molecule has 0 amide bonds. The van der Waals surface area contributed by atoms with E-state index < -0.39 is 0 Å². The lowest BCUT2D eigenvalue weighted by Crippen LogP contribution is -2.36. The van der Waals surface area contributed by atoms with E-state index in [-0.39, 0.29) is 10.6 Å². The molecule has 0 heterocycles. The molecule has 2 rings (SSSR count). The number of benzene rings is 1. The van der Waals surface area contributed by atoms with E-state index in [2.05, 4.69) is 19.2 Å². The number of hydrogen-bond acceptors (Lipinski definition) is 3. The van der Waals surface area contributed by atoms with Gasteiger partial charge in [-0.25, -0.2) is 0 Å². The van der Waals surface area contributed by atoms with Crippen LogP contribution in [0.2, 0.25) is 0 Å². The number of hydrogen-bond donors (Lipinski definition) is 1. The summed E-state index contributed by atoms with van der Waals surface area (Å²) in [5, 5.41) is 14.5. The average molecular weight is 276 g/mol. The maximum absolute atomic E-state index is 11.0. The Morgan fingerprint density at radius 1 is 1.45 bits per heavy atom. The Labute approximate surface area is 120 Å². The van der Waals surface area contributed by atoms with Gasteiger partial charge in [0, 0.05) is 24.2 Å². The highest BCUT2D eigenvalue weighted by Crippen LogP contribution is 2.35. The third kappa shape index (κ3) is 3.79. The molecule has 4 heteroatoms. The number of nitro benzene ring substituents is 1. The van der Waals surface area contributed by atoms with Gasteiger partial charge in [-0.05, 0) is 37.2 Å². The smallest absolute Gasteiger partial charge is 0.272 e. The van der Waals surface area contributed by atoms with E-state index in [1.807, 2.05) is 12.1 Å². The van der Waals surface area contributed by atoms with Gasteiger partial charge in [0.1, 0.15) is 0 Å². The highest BCUT2D eigenvalue weighted by Gasteiger charge is 2.27. The number of nitrogens with one attached hydrogen (secondary N) is 1. The van der Waals surface area contributed by atoms with Gasteiger partial charge in [-0.3, -0.25) is 10.1 Å². The Kier molecular flexibility index (Phi) is 4.43. The molecule has 1 atom stereocenters. The van der Waals surface area contributed by atoms with E-state index in [0.717, 1.165) is 11.1 Å². The highest BCUT2D eigenvalue weighted by atomic mass is 16.6. The quantitative estimate of drug-likeness (QED) is 0.669. The summed E-state index contributed by atoms with van der Waals surface area (Å²) in [6.45, 7) is 7.12. The molecule has 1 aromatic carbocycles. The lowest BCUT2D eigenvalue weighted by atomic mass is 9.75. The molecule has 110 valence electrons. The first-order valence-corrected chi connectivity index (χ1v) is 7.35. The van der Waals surface area contributed by atoms with Crippen molar-refractivity contribution in [3.05, 3.63) is 39.4 Å². The molecule has 20 heavy (non-hydrogen) atoms. The maximum atomic E-state index is 11.0. The fourth-order valence-corrected chi connectivity index (χ4v) is 3.10. The minimum atomic E-state index is -0.303. The van der Waals surface area contributed by atoms with Crippen molar-refractivity contribution in [2.24, 2.45) is 5.41 Å². The summed E-state index contributed by atoms with van der Waals surface area (Å²) in [6.07, 6.45) is 4.94. The lowest BCUT2D eigenvalue weighted by molar-refractivity contribution is -0.385. The summed E-state index contributed by atoms with van der Waals surface area (Å²) < 4.78 is 0. The minimum absolute atomic E-state index is 0.216. The van der Waals surface area contributed by atoms with Gasteiger partial charge < -0.3 is 5.32 Å². The number of rotatable bonds is 4. The summed E-state index contributed by atoms with van der Waals surface area (Å²) in [7, 11) is 0. The zero-order chi connectivity index (χ0) is 14.8. The molecule has 1 N–H and O–H groups in total. The topological polar surface area (TPSA) is 55.2 Å². The maximum Gasteiger partial charge on any atom is 0.272 e. The Morgan fingerprint density at radius 2 is 2.20 bits per heavy atom. The summed E-state index contributed by atoms with van der Waals surface area (Å²) in [4.78, 5) is 10.6. The molecule has 1 unspecified atom stereocenters. The van der Waals surface area contributed by atoms with E-state index in [9.17, 15) is 10.1 Å². The predicted octanol–water partition coefficient (Wildman–Crippen LogP) is 3.96. The third-order valence-corrected chi connectivity index (χ3v) is 4.27. The van der Waals surface area contributed by atoms with Crippen LogP contribution in [0.25, 0.3) is 0 Å². The third-order valence-electron chi connectivity index (χ3n) is 4.27. The van der Waals surface area contributed by atoms with Crippen molar-refractivity contribution in [2.75, 3.05) is 0 Å². The van der Waals surface area contributed by atoms with Crippen molar-refractivity contribution >= 4 is 5.69 Å². The van der Waals surface area contributed by atoms with Crippen molar-refractivity contribution < 1.29 is 4.92 Å². The number of nitrogens with zero attached hydrogens (tertiary/aromatic N) is 1. The molecular formula is C16H24N2O2. The fourth-order valence-electron chi connectivity index (χ4n) is 3.10. The van der Waals surface area contributed by atoms with Crippen LogP contribution in [0.4, 0.5) is 5.69 Å². The SMILES string of the molecule is Cc1ccc(CNC2CCCC(C)(C)C2)cc1[N+](=O)[O-]. The van der Waals surface area contributed by atoms with Crippen LogP contribution in [0, 0.1) is 22.5 Å². The average Bonchev–Trinajstić information content (AvgIpc) is 2.36. The molecule has 0 aromatic heterocycles. The highest BCUT2D eigenvalue weighted by molar-refractivity contribution is 5.42. The Morgan fingerprint density at radius 3 is 2.85 bits per heavy atom. The van der Waals surface area contributed by atoms with Crippen molar-refractivity contribution in [3.8, 4) is 0 Å². The normalized spacial score (nSPS) is 21.6. The summed E-state index contributed by atoms with van der Waals surface area (Å²) in [5.41, 5.74) is 2.34. The van der Waals surface area contributed by atoms with Crippen LogP contribution in [0.3, 0.4) is 0 Å². The summed E-state index contributed by atoms with van der Waals surface area (Å²) >= 11 is 0. The molecule has 0 saturated heterocycles. The first-order chi connectivity index (χ1) is 9.37. The van der Waals surface area contributed by atoms with Gasteiger partial charge in [-0.15, -0.1) is 0 Å². The minimum Gasteiger partial charge on any atom is -0.310 e. The largest absolute Gasteiger partial charge is 0.310 e. The predicted molar refractivity (Wildman–Crippen MR) is 80.7 cm³/mol. The summed E-state index contributed by atoms with van der Waals surface area (Å²) in [5.74, 6) is 0. The van der Waals surface area contributed by atoms with E-state index in [4.69, 9.17) is 0 Å². The Balaban J connectivity index is 1.97. The molecular weight excluding hydrogens is 252 g/mol. The van der Waals surface area contributed by atoms with Gasteiger partial charge in [0.05, 0.1) is 4.92 Å². The molecule has 1 saturated carbocycles. The van der Waals surface area contributed by atoms with Gasteiger partial charge in [0.2, 0.25) is 0 Å². The lowest BCUT2D eigenvalue weighted by Gasteiger charge is -2.35. The monoisotopic (exact) mass is 276 g/mol. The zero-order valence-electron chi connectivity index (χ0n) is 12.6. The second kappa shape index (κ2) is 5.92. The molecule has 0 radical (unpaired) electrons. The molecule has 1 aliphatic carbocycles. The van der Waals surface area contributed by atoms with Crippen LogP contribution >= 0.6 is 0 Å². The van der Waals surface area contributed by atoms with Gasteiger partial charge >= 0.3 is 0 Å². The van der Waals surface area contributed by atoms with Crippen LogP contribution in [0.5, 0.6) is 0 Å². The van der Waals surface area contributed by atoms with Crippen LogP contribution < -0.4 is 5.32 Å². The van der Waals surface area contributed by atoms with E-state index in [0.29, 0.717) is 18.0 Å². The van der Waals surface area contributed by atoms with Crippen LogP contribution in [0.15, 0.2) is 18.2 Å². The van der Waals surface area contributed by atoms with Gasteiger partial charge in [0.15, 0.2) is 0 Å². The Bertz CT molecular complexity index is 497. The van der Waals surface area contributed by atoms with E-state index in [1.54, 1.807) is 13.0 Å².